The van der Waals surface area contributed by atoms with Crippen molar-refractivity contribution in [3.63, 3.8) is 0 Å². The summed E-state index contributed by atoms with van der Waals surface area (Å²) in [4.78, 5) is 43.3. The van der Waals surface area contributed by atoms with Gasteiger partial charge in [-0.1, -0.05) is 25.0 Å². The zero-order valence-electron chi connectivity index (χ0n) is 18.3. The van der Waals surface area contributed by atoms with Crippen molar-refractivity contribution in [2.45, 2.75) is 50.6 Å². The van der Waals surface area contributed by atoms with Gasteiger partial charge < -0.3 is 15.0 Å². The third-order valence-electron chi connectivity index (χ3n) is 6.76. The van der Waals surface area contributed by atoms with Crippen LogP contribution in [-0.4, -0.2) is 77.9 Å². The predicted molar refractivity (Wildman–Crippen MR) is 116 cm³/mol. The van der Waals surface area contributed by atoms with Crippen molar-refractivity contribution in [1.29, 1.82) is 0 Å². The first-order valence-electron chi connectivity index (χ1n) is 11.3. The van der Waals surface area contributed by atoms with Crippen LogP contribution in [0.1, 0.15) is 44.1 Å². The van der Waals surface area contributed by atoms with Crippen molar-refractivity contribution in [2.24, 2.45) is 0 Å². The van der Waals surface area contributed by atoms with Crippen molar-refractivity contribution in [2.75, 3.05) is 39.8 Å². The maximum absolute atomic E-state index is 12.8. The molecule has 4 amide bonds. The maximum atomic E-state index is 12.8. The van der Waals surface area contributed by atoms with E-state index in [1.54, 1.807) is 7.11 Å². The van der Waals surface area contributed by atoms with Crippen LogP contribution in [0.25, 0.3) is 0 Å². The van der Waals surface area contributed by atoms with Crippen LogP contribution >= 0.6 is 0 Å². The van der Waals surface area contributed by atoms with E-state index >= 15 is 0 Å². The first kappa shape index (κ1) is 21.6. The summed E-state index contributed by atoms with van der Waals surface area (Å²) >= 11 is 0. The smallest absolute Gasteiger partial charge is 0.325 e. The Hall–Kier alpha value is -2.61. The van der Waals surface area contributed by atoms with E-state index in [4.69, 9.17) is 4.74 Å². The molecule has 4 rings (SSSR count). The standard InChI is InChI=1S/C23H32N4O4/c1-31-19-7-5-18(6-8-19)17-25-12-4-13-26(16-15-25)20(28)9-14-27-21(29)23(24-22(27)30)10-2-3-11-23/h5-8H,2-4,9-17H2,1H3,(H,24,30). The van der Waals surface area contributed by atoms with Gasteiger partial charge in [0.1, 0.15) is 11.3 Å². The number of carbonyl (C=O) groups excluding carboxylic acids is 3. The van der Waals surface area contributed by atoms with E-state index in [2.05, 4.69) is 22.3 Å². The number of carbonyl (C=O) groups is 3. The number of hydrogen-bond donors (Lipinski definition) is 1. The number of amides is 4. The predicted octanol–water partition coefficient (Wildman–Crippen LogP) is 1.98. The fourth-order valence-corrected chi connectivity index (χ4v) is 4.93. The van der Waals surface area contributed by atoms with E-state index < -0.39 is 5.54 Å². The van der Waals surface area contributed by atoms with Gasteiger partial charge in [0.15, 0.2) is 0 Å². The number of nitrogens with one attached hydrogen (secondary N) is 1. The van der Waals surface area contributed by atoms with Gasteiger partial charge in [-0.3, -0.25) is 19.4 Å². The lowest BCUT2D eigenvalue weighted by Gasteiger charge is -2.23. The number of hydrogen-bond acceptors (Lipinski definition) is 5. The molecule has 0 bridgehead atoms. The van der Waals surface area contributed by atoms with Gasteiger partial charge in [-0.2, -0.15) is 0 Å². The van der Waals surface area contributed by atoms with Crippen LogP contribution in [0, 0.1) is 0 Å². The molecule has 8 heteroatoms. The number of methoxy groups -OCH3 is 1. The number of imide groups is 1. The molecular formula is C23H32N4O4. The second-order valence-corrected chi connectivity index (χ2v) is 8.78. The molecule has 0 unspecified atom stereocenters. The second-order valence-electron chi connectivity index (χ2n) is 8.78. The molecule has 0 atom stereocenters. The van der Waals surface area contributed by atoms with Gasteiger partial charge in [0, 0.05) is 45.7 Å². The van der Waals surface area contributed by atoms with Gasteiger partial charge in [-0.15, -0.1) is 0 Å². The number of benzene rings is 1. The molecule has 0 aromatic heterocycles. The van der Waals surface area contributed by atoms with Gasteiger partial charge in [-0.25, -0.2) is 4.79 Å². The summed E-state index contributed by atoms with van der Waals surface area (Å²) in [6, 6.07) is 7.73. The zero-order valence-corrected chi connectivity index (χ0v) is 18.3. The lowest BCUT2D eigenvalue weighted by molar-refractivity contribution is -0.133. The Morgan fingerprint density at radius 3 is 2.48 bits per heavy atom. The van der Waals surface area contributed by atoms with Gasteiger partial charge in [0.25, 0.3) is 5.91 Å². The van der Waals surface area contributed by atoms with E-state index in [1.807, 2.05) is 17.0 Å². The van der Waals surface area contributed by atoms with Crippen molar-refractivity contribution in [3.05, 3.63) is 29.8 Å². The molecule has 3 fully saturated rings. The first-order valence-corrected chi connectivity index (χ1v) is 11.3. The average Bonchev–Trinajstić information content (AvgIpc) is 3.24. The molecule has 1 spiro atoms. The molecule has 1 aromatic carbocycles. The SMILES string of the molecule is COc1ccc(CN2CCCN(C(=O)CCN3C(=O)NC4(CCCC4)C3=O)CC2)cc1. The van der Waals surface area contributed by atoms with Crippen LogP contribution < -0.4 is 10.1 Å². The van der Waals surface area contributed by atoms with Crippen LogP contribution in [0.5, 0.6) is 5.75 Å². The topological polar surface area (TPSA) is 82.2 Å². The van der Waals surface area contributed by atoms with E-state index in [0.717, 1.165) is 44.6 Å². The number of nitrogens with zero attached hydrogens (tertiary/aromatic N) is 3. The molecular weight excluding hydrogens is 396 g/mol. The Balaban J connectivity index is 1.26. The summed E-state index contributed by atoms with van der Waals surface area (Å²) in [5.41, 5.74) is 0.519. The minimum absolute atomic E-state index is 0.0132. The molecule has 31 heavy (non-hydrogen) atoms. The largest absolute Gasteiger partial charge is 0.497 e. The fraction of sp³-hybridized carbons (Fsp3) is 0.609. The highest BCUT2D eigenvalue weighted by atomic mass is 16.5. The minimum Gasteiger partial charge on any atom is -0.497 e. The number of ether oxygens (including phenoxy) is 1. The Morgan fingerprint density at radius 2 is 1.77 bits per heavy atom. The quantitative estimate of drug-likeness (QED) is 0.701. The van der Waals surface area contributed by atoms with Gasteiger partial charge >= 0.3 is 6.03 Å². The lowest BCUT2D eigenvalue weighted by atomic mass is 9.98. The van der Waals surface area contributed by atoms with Crippen LogP contribution in [0.4, 0.5) is 4.79 Å². The molecule has 3 aliphatic rings. The van der Waals surface area contributed by atoms with Crippen molar-refractivity contribution in [1.82, 2.24) is 20.0 Å². The molecule has 2 heterocycles. The highest BCUT2D eigenvalue weighted by Crippen LogP contribution is 2.35. The molecule has 1 aromatic rings. The summed E-state index contributed by atoms with van der Waals surface area (Å²) < 4.78 is 5.21. The third-order valence-corrected chi connectivity index (χ3v) is 6.76. The Labute approximate surface area is 183 Å². The van der Waals surface area contributed by atoms with E-state index in [0.29, 0.717) is 25.9 Å². The van der Waals surface area contributed by atoms with E-state index in [1.165, 1.54) is 10.5 Å². The second kappa shape index (κ2) is 9.26. The molecule has 0 radical (unpaired) electrons. The monoisotopic (exact) mass is 428 g/mol. The molecule has 2 aliphatic heterocycles. The Bertz CT molecular complexity index is 819. The van der Waals surface area contributed by atoms with Gasteiger partial charge in [0.2, 0.25) is 5.91 Å². The van der Waals surface area contributed by atoms with Crippen LogP contribution in [0.2, 0.25) is 0 Å². The normalized spacial score (nSPS) is 21.5. The van der Waals surface area contributed by atoms with Crippen molar-refractivity contribution >= 4 is 17.8 Å². The summed E-state index contributed by atoms with van der Waals surface area (Å²) in [6.45, 7) is 4.13. The Morgan fingerprint density at radius 1 is 1.03 bits per heavy atom. The first-order chi connectivity index (χ1) is 15.0. The lowest BCUT2D eigenvalue weighted by Crippen LogP contribution is -2.44. The van der Waals surface area contributed by atoms with Crippen molar-refractivity contribution in [3.8, 4) is 5.75 Å². The molecule has 8 nitrogen and oxygen atoms in total. The van der Waals surface area contributed by atoms with Crippen LogP contribution in [0.15, 0.2) is 24.3 Å². The third kappa shape index (κ3) is 4.69. The summed E-state index contributed by atoms with van der Waals surface area (Å²) in [6.07, 6.45) is 4.43. The molecule has 168 valence electrons. The van der Waals surface area contributed by atoms with Crippen molar-refractivity contribution < 1.29 is 19.1 Å². The molecule has 2 saturated heterocycles. The highest BCUT2D eigenvalue weighted by Gasteiger charge is 2.52. The van der Waals surface area contributed by atoms with Gasteiger partial charge in [0.05, 0.1) is 7.11 Å². The summed E-state index contributed by atoms with van der Waals surface area (Å²) in [5.74, 6) is 0.712. The summed E-state index contributed by atoms with van der Waals surface area (Å²) in [5, 5.41) is 2.88. The van der Waals surface area contributed by atoms with E-state index in [-0.39, 0.29) is 30.8 Å². The minimum atomic E-state index is -0.704. The molecule has 1 N–H and O–H groups in total. The summed E-state index contributed by atoms with van der Waals surface area (Å²) in [7, 11) is 1.66. The van der Waals surface area contributed by atoms with E-state index in [9.17, 15) is 14.4 Å². The van der Waals surface area contributed by atoms with Crippen LogP contribution in [-0.2, 0) is 16.1 Å². The average molecular weight is 429 g/mol. The zero-order chi connectivity index (χ0) is 21.8. The Kier molecular flexibility index (Phi) is 6.46. The molecule has 1 saturated carbocycles. The number of rotatable bonds is 6. The maximum Gasteiger partial charge on any atom is 0.325 e. The fourth-order valence-electron chi connectivity index (χ4n) is 4.93. The number of urea groups is 1. The highest BCUT2D eigenvalue weighted by molar-refractivity contribution is 6.07. The van der Waals surface area contributed by atoms with Gasteiger partial charge in [-0.05, 0) is 37.0 Å². The van der Waals surface area contributed by atoms with Crippen LogP contribution in [0.3, 0.4) is 0 Å². The molecule has 1 aliphatic carbocycles.